The van der Waals surface area contributed by atoms with Crippen molar-refractivity contribution < 1.29 is 28.9 Å². The van der Waals surface area contributed by atoms with E-state index in [9.17, 15) is 9.90 Å². The standard InChI is InChI=1S/C47H49N5O6Si/c1-31-44(59(4,5)38-23-21-37(57-3)22-24-38)42(26-27-51-30-40(49-50-51)43(53)33-14-10-7-11-15-33)58-47(31)39-28-35(48-45(54)34-16-19-36(56-2)20-17-34)18-25-41(39)52(46(47)55)29-32-12-8-6-9-13-32/h6-25,28,30-31,42-44,53H,26-27,29H2,1-5H3,(H,48,54)/t31-,42+,43-,44-,47+/m1/s1. The van der Waals surface area contributed by atoms with Gasteiger partial charge in [0.15, 0.2) is 5.60 Å². The third-order valence-corrected chi connectivity index (χ3v) is 16.6. The molecule has 1 saturated heterocycles. The van der Waals surface area contributed by atoms with Crippen molar-refractivity contribution in [2.24, 2.45) is 5.92 Å². The quantitative estimate of drug-likeness (QED) is 0.115. The summed E-state index contributed by atoms with van der Waals surface area (Å²) in [5.41, 5.74) is 3.35. The Balaban J connectivity index is 1.18. The van der Waals surface area contributed by atoms with Gasteiger partial charge in [0.2, 0.25) is 0 Å². The van der Waals surface area contributed by atoms with Crippen LogP contribution in [0.25, 0.3) is 0 Å². The number of fused-ring (bicyclic) bond motifs is 2. The van der Waals surface area contributed by atoms with E-state index in [0.717, 1.165) is 28.1 Å². The van der Waals surface area contributed by atoms with Gasteiger partial charge in [0, 0.05) is 29.3 Å². The van der Waals surface area contributed by atoms with Gasteiger partial charge in [0.1, 0.15) is 23.3 Å². The van der Waals surface area contributed by atoms with Gasteiger partial charge in [-0.05, 0) is 77.7 Å². The lowest BCUT2D eigenvalue weighted by molar-refractivity contribution is -0.146. The summed E-state index contributed by atoms with van der Waals surface area (Å²) in [5, 5.41) is 24.1. The number of hydrogen-bond acceptors (Lipinski definition) is 8. The molecular formula is C47H49N5O6Si. The largest absolute Gasteiger partial charge is 0.497 e. The monoisotopic (exact) mass is 807 g/mol. The highest BCUT2D eigenvalue weighted by Gasteiger charge is 2.66. The van der Waals surface area contributed by atoms with Crippen LogP contribution in [0.1, 0.15) is 52.2 Å². The molecule has 302 valence electrons. The van der Waals surface area contributed by atoms with E-state index in [2.05, 4.69) is 47.8 Å². The molecule has 2 amide bonds. The van der Waals surface area contributed by atoms with Crippen LogP contribution in [0.15, 0.2) is 134 Å². The van der Waals surface area contributed by atoms with Crippen molar-refractivity contribution in [3.05, 3.63) is 162 Å². The van der Waals surface area contributed by atoms with Gasteiger partial charge in [-0.25, -0.2) is 0 Å². The number of carbonyl (C=O) groups excluding carboxylic acids is 2. The summed E-state index contributed by atoms with van der Waals surface area (Å²) in [6.45, 7) is 7.68. The number of ether oxygens (including phenoxy) is 3. The molecular weight excluding hydrogens is 759 g/mol. The first kappa shape index (κ1) is 39.7. The van der Waals surface area contributed by atoms with Crippen LogP contribution in [0.4, 0.5) is 11.4 Å². The number of aryl methyl sites for hydroxylation is 1. The lowest BCUT2D eigenvalue weighted by atomic mass is 9.82. The maximum absolute atomic E-state index is 15.4. The molecule has 12 heteroatoms. The number of hydrogen-bond donors (Lipinski definition) is 2. The molecule has 0 radical (unpaired) electrons. The molecule has 8 rings (SSSR count). The molecule has 11 nitrogen and oxygen atoms in total. The lowest BCUT2D eigenvalue weighted by Gasteiger charge is -2.37. The Labute approximate surface area is 345 Å². The fourth-order valence-electron chi connectivity index (χ4n) is 9.14. The lowest BCUT2D eigenvalue weighted by Crippen LogP contribution is -2.51. The minimum absolute atomic E-state index is 0.0279. The number of aliphatic hydroxyl groups excluding tert-OH is 1. The summed E-state index contributed by atoms with van der Waals surface area (Å²) in [6.07, 6.45) is 1.06. The third kappa shape index (κ3) is 7.43. The predicted molar refractivity (Wildman–Crippen MR) is 230 cm³/mol. The second-order valence-corrected chi connectivity index (χ2v) is 20.6. The molecule has 59 heavy (non-hydrogen) atoms. The summed E-state index contributed by atoms with van der Waals surface area (Å²) in [6, 6.07) is 40.3. The number of nitrogens with one attached hydrogen (secondary N) is 1. The Hall–Kier alpha value is -6.08. The van der Waals surface area contributed by atoms with E-state index in [1.807, 2.05) is 95.9 Å². The molecule has 2 aliphatic rings. The minimum atomic E-state index is -2.45. The molecule has 3 heterocycles. The molecule has 2 aliphatic heterocycles. The van der Waals surface area contributed by atoms with Gasteiger partial charge >= 0.3 is 0 Å². The second kappa shape index (κ2) is 16.3. The van der Waals surface area contributed by atoms with E-state index >= 15 is 4.79 Å². The molecule has 1 fully saturated rings. The van der Waals surface area contributed by atoms with Crippen LogP contribution in [0.5, 0.6) is 11.5 Å². The van der Waals surface area contributed by atoms with E-state index < -0.39 is 19.8 Å². The number of rotatable bonds is 13. The third-order valence-electron chi connectivity index (χ3n) is 12.2. The average Bonchev–Trinajstić information content (AvgIpc) is 3.93. The van der Waals surface area contributed by atoms with Crippen molar-refractivity contribution in [3.8, 4) is 11.5 Å². The van der Waals surface area contributed by atoms with Crippen molar-refractivity contribution >= 4 is 36.4 Å². The Morgan fingerprint density at radius 3 is 2.20 bits per heavy atom. The van der Waals surface area contributed by atoms with E-state index in [4.69, 9.17) is 14.2 Å². The van der Waals surface area contributed by atoms with Crippen molar-refractivity contribution in [1.29, 1.82) is 0 Å². The number of methoxy groups -OCH3 is 2. The van der Waals surface area contributed by atoms with E-state index in [1.165, 1.54) is 5.19 Å². The normalized spacial score (nSPS) is 20.4. The zero-order chi connectivity index (χ0) is 41.3. The molecule has 1 spiro atoms. The molecule has 1 aromatic heterocycles. The number of aromatic nitrogens is 3. The molecule has 5 atom stereocenters. The summed E-state index contributed by atoms with van der Waals surface area (Å²) >= 11 is 0. The number of amides is 2. The fourth-order valence-corrected chi connectivity index (χ4v) is 13.2. The van der Waals surface area contributed by atoms with Crippen LogP contribution in [0, 0.1) is 5.92 Å². The molecule has 0 saturated carbocycles. The summed E-state index contributed by atoms with van der Waals surface area (Å²) in [4.78, 5) is 30.8. The smallest absolute Gasteiger partial charge is 0.264 e. The van der Waals surface area contributed by atoms with Crippen molar-refractivity contribution in [2.45, 2.75) is 62.9 Å². The van der Waals surface area contributed by atoms with Gasteiger partial charge < -0.3 is 29.5 Å². The van der Waals surface area contributed by atoms with Gasteiger partial charge in [-0.3, -0.25) is 14.3 Å². The van der Waals surface area contributed by atoms with E-state index in [0.29, 0.717) is 42.2 Å². The van der Waals surface area contributed by atoms with Crippen LogP contribution in [-0.4, -0.2) is 60.3 Å². The predicted octanol–water partition coefficient (Wildman–Crippen LogP) is 7.48. The summed E-state index contributed by atoms with van der Waals surface area (Å²) in [7, 11) is 0.797. The van der Waals surface area contributed by atoms with E-state index in [-0.39, 0.29) is 29.4 Å². The van der Waals surface area contributed by atoms with Gasteiger partial charge in [-0.15, -0.1) is 5.10 Å². The van der Waals surface area contributed by atoms with Crippen molar-refractivity contribution in [3.63, 3.8) is 0 Å². The van der Waals surface area contributed by atoms with Crippen molar-refractivity contribution in [2.75, 3.05) is 24.4 Å². The minimum Gasteiger partial charge on any atom is -0.497 e. The highest BCUT2D eigenvalue weighted by molar-refractivity contribution is 6.91. The summed E-state index contributed by atoms with van der Waals surface area (Å²) in [5.74, 6) is 0.777. The van der Waals surface area contributed by atoms with Crippen LogP contribution in [0.2, 0.25) is 18.6 Å². The molecule has 0 bridgehead atoms. The van der Waals surface area contributed by atoms with Gasteiger partial charge in [-0.1, -0.05) is 103 Å². The topological polar surface area (TPSA) is 128 Å². The summed E-state index contributed by atoms with van der Waals surface area (Å²) < 4.78 is 20.0. The first-order valence-electron chi connectivity index (χ1n) is 19.9. The number of benzene rings is 5. The van der Waals surface area contributed by atoms with Gasteiger partial charge in [0.25, 0.3) is 11.8 Å². The SMILES string of the molecule is COc1ccc(C(=O)Nc2ccc3c(c2)[C@]2(O[C@@H](CCn4cc([C@H](O)c5ccccc5)nn4)[C@H]([Si](C)(C)c4ccc(OC)cc4)[C@H]2C)C(=O)N3Cc2ccccc2)cc1. The molecule has 6 aromatic rings. The number of carbonyl (C=O) groups is 2. The Morgan fingerprint density at radius 2 is 1.54 bits per heavy atom. The second-order valence-electron chi connectivity index (χ2n) is 16.0. The highest BCUT2D eigenvalue weighted by atomic mass is 28.3. The number of nitrogens with zero attached hydrogens (tertiary/aromatic N) is 4. The molecule has 0 aliphatic carbocycles. The van der Waals surface area contributed by atoms with Crippen molar-refractivity contribution in [1.82, 2.24) is 15.0 Å². The van der Waals surface area contributed by atoms with Gasteiger partial charge in [-0.2, -0.15) is 0 Å². The maximum Gasteiger partial charge on any atom is 0.264 e. The zero-order valence-corrected chi connectivity index (χ0v) is 34.9. The Kier molecular flexibility index (Phi) is 11.0. The first-order chi connectivity index (χ1) is 28.5. The number of aliphatic hydroxyl groups is 1. The molecule has 5 aromatic carbocycles. The van der Waals surface area contributed by atoms with Crippen LogP contribution in [0.3, 0.4) is 0 Å². The highest BCUT2D eigenvalue weighted by Crippen LogP contribution is 2.60. The zero-order valence-electron chi connectivity index (χ0n) is 33.9. The molecule has 0 unspecified atom stereocenters. The Bertz CT molecular complexity index is 2430. The average molecular weight is 808 g/mol. The van der Waals surface area contributed by atoms with E-state index in [1.54, 1.807) is 49.4 Å². The van der Waals surface area contributed by atoms with Gasteiger partial charge in [0.05, 0.1) is 46.8 Å². The van der Waals surface area contributed by atoms with Crippen LogP contribution >= 0.6 is 0 Å². The Morgan fingerprint density at radius 1 is 0.898 bits per heavy atom. The van der Waals surface area contributed by atoms with Crippen LogP contribution < -0.4 is 24.9 Å². The fraction of sp³-hybridized carbons (Fsp3) is 0.277. The first-order valence-corrected chi connectivity index (χ1v) is 23.0. The number of anilines is 2. The molecule has 2 N–H and O–H groups in total. The maximum atomic E-state index is 15.4. The van der Waals surface area contributed by atoms with Crippen LogP contribution in [-0.2, 0) is 28.2 Å².